The van der Waals surface area contributed by atoms with Crippen molar-refractivity contribution in [2.45, 2.75) is 6.85 Å². The molecule has 2 aromatic rings. The molecule has 0 bridgehead atoms. The molecule has 0 amide bonds. The van der Waals surface area contributed by atoms with E-state index in [1.54, 1.807) is 0 Å². The van der Waals surface area contributed by atoms with Crippen molar-refractivity contribution in [2.24, 2.45) is 0 Å². The summed E-state index contributed by atoms with van der Waals surface area (Å²) in [6.45, 7) is -6.40. The molecular formula is C11H11BrN2O. The number of aromatic nitrogens is 2. The highest BCUT2D eigenvalue weighted by atomic mass is 79.9. The molecule has 0 radical (unpaired) electrons. The summed E-state index contributed by atoms with van der Waals surface area (Å²) in [4.78, 5) is 3.58. The van der Waals surface area contributed by atoms with E-state index in [1.165, 1.54) is 0 Å². The molecule has 0 saturated heterocycles. The first-order valence-corrected chi connectivity index (χ1v) is 4.51. The van der Waals surface area contributed by atoms with Crippen LogP contribution >= 0.6 is 15.9 Å². The normalized spacial score (nSPS) is 22.6. The molecule has 0 N–H and O–H groups in total. The molecular weight excluding hydrogens is 256 g/mol. The molecule has 15 heavy (non-hydrogen) atoms. The van der Waals surface area contributed by atoms with Gasteiger partial charge in [-0.2, -0.15) is 0 Å². The van der Waals surface area contributed by atoms with E-state index < -0.39 is 61.5 Å². The van der Waals surface area contributed by atoms with Crippen molar-refractivity contribution in [1.82, 2.24) is 9.55 Å². The maximum atomic E-state index is 7.97. The highest BCUT2D eigenvalue weighted by Gasteiger charge is 2.09. The zero-order valence-corrected chi connectivity index (χ0v) is 8.77. The Morgan fingerprint density at radius 3 is 3.13 bits per heavy atom. The van der Waals surface area contributed by atoms with Gasteiger partial charge in [0.15, 0.2) is 0 Å². The first-order valence-electron chi connectivity index (χ1n) is 9.22. The first kappa shape index (κ1) is 3.35. The highest BCUT2D eigenvalue weighted by Crippen LogP contribution is 2.23. The van der Waals surface area contributed by atoms with Gasteiger partial charge in [-0.25, -0.2) is 4.98 Å². The van der Waals surface area contributed by atoms with E-state index >= 15 is 0 Å². The van der Waals surface area contributed by atoms with Crippen LogP contribution in [0.15, 0.2) is 41.0 Å². The lowest BCUT2D eigenvalue weighted by molar-refractivity contribution is 0.307. The smallest absolute Gasteiger partial charge is 0.301 e. The summed E-state index contributed by atoms with van der Waals surface area (Å²) in [6, 6.07) is -4.05. The molecule has 0 atom stereocenters. The number of hydrogen-bond donors (Lipinski definition) is 0. The third-order valence-corrected chi connectivity index (χ3v) is 2.02. The predicted molar refractivity (Wildman–Crippen MR) is 62.4 cm³/mol. The van der Waals surface area contributed by atoms with Crippen LogP contribution in [0, 0.1) is 0 Å². The Hall–Kier alpha value is -1.29. The number of rotatable bonds is 3. The molecule has 3 nitrogen and oxygen atoms in total. The summed E-state index contributed by atoms with van der Waals surface area (Å²) in [5, 5.41) is 0. The van der Waals surface area contributed by atoms with E-state index in [4.69, 9.17) is 19.8 Å². The number of nitrogens with zero attached hydrogens (tertiary/aromatic N) is 2. The molecule has 0 unspecified atom stereocenters. The highest BCUT2D eigenvalue weighted by molar-refractivity contribution is 9.10. The van der Waals surface area contributed by atoms with Crippen LogP contribution in [0.3, 0.4) is 0 Å². The largest absolute Gasteiger partial charge is 0.465 e. The van der Waals surface area contributed by atoms with Gasteiger partial charge in [0.05, 0.1) is 29.4 Å². The minimum Gasteiger partial charge on any atom is -0.465 e. The van der Waals surface area contributed by atoms with E-state index in [0.717, 1.165) is 4.57 Å². The second kappa shape index (κ2) is 4.49. The molecule has 0 aliphatic rings. The molecule has 78 valence electrons. The lowest BCUT2D eigenvalue weighted by atomic mass is 10.3. The van der Waals surface area contributed by atoms with Crippen molar-refractivity contribution < 1.29 is 19.8 Å². The Labute approximate surface area is 112 Å². The van der Waals surface area contributed by atoms with Crippen molar-refractivity contribution in [2.75, 3.05) is 6.56 Å². The lowest BCUT2D eigenvalue weighted by Gasteiger charge is -2.08. The quantitative estimate of drug-likeness (QED) is 0.863. The molecule has 0 saturated carbocycles. The van der Waals surface area contributed by atoms with Gasteiger partial charge >= 0.3 is 6.01 Å². The average molecular weight is 278 g/mol. The number of halogens is 1. The van der Waals surface area contributed by atoms with Crippen molar-refractivity contribution in [3.8, 4) is 11.7 Å². The van der Waals surface area contributed by atoms with Gasteiger partial charge in [0.1, 0.15) is 4.60 Å². The van der Waals surface area contributed by atoms with Crippen LogP contribution in [0.25, 0.3) is 5.69 Å². The molecule has 0 aliphatic carbocycles. The SMILES string of the molecule is [2H]c1nc(OC([2H])([2H])C([2H])([2H])[2H])n(-c2c([2H])c([2H])c([2H])c([2H])c2[2H])c1Br. The van der Waals surface area contributed by atoms with Crippen molar-refractivity contribution in [3.63, 3.8) is 0 Å². The minimum absolute atomic E-state index is 0.202. The van der Waals surface area contributed by atoms with Gasteiger partial charge in [-0.1, -0.05) is 18.1 Å². The third-order valence-electron chi connectivity index (χ3n) is 1.48. The van der Waals surface area contributed by atoms with Crippen LogP contribution in [0.2, 0.25) is 0 Å². The summed E-state index contributed by atoms with van der Waals surface area (Å²) in [5.74, 6) is 0. The topological polar surface area (TPSA) is 27.1 Å². The fourth-order valence-corrected chi connectivity index (χ4v) is 1.36. The van der Waals surface area contributed by atoms with Crippen LogP contribution in [0.1, 0.15) is 21.9 Å². The Morgan fingerprint density at radius 2 is 2.40 bits per heavy atom. The number of ether oxygens (including phenoxy) is 1. The fraction of sp³-hybridized carbons (Fsp3) is 0.182. The number of imidazole rings is 1. The predicted octanol–water partition coefficient (Wildman–Crippen LogP) is 3.03. The van der Waals surface area contributed by atoms with E-state index in [0.29, 0.717) is 0 Å². The van der Waals surface area contributed by atoms with E-state index in [9.17, 15) is 0 Å². The van der Waals surface area contributed by atoms with Crippen molar-refractivity contribution in [3.05, 3.63) is 41.0 Å². The summed E-state index contributed by atoms with van der Waals surface area (Å²) >= 11 is 2.97. The Kier molecular flexibility index (Phi) is 1.00. The molecule has 1 aromatic heterocycles. The monoisotopic (exact) mass is 277 g/mol. The average Bonchev–Trinajstić information content (AvgIpc) is 2.77. The summed E-state index contributed by atoms with van der Waals surface area (Å²) < 4.78 is 88.6. The van der Waals surface area contributed by atoms with E-state index in [2.05, 4.69) is 20.9 Å². The van der Waals surface area contributed by atoms with Gasteiger partial charge in [-0.05, 0) is 34.9 Å². The number of para-hydroxylation sites is 1. The number of hydrogen-bond acceptors (Lipinski definition) is 2. The van der Waals surface area contributed by atoms with Gasteiger partial charge < -0.3 is 4.74 Å². The standard InChI is InChI=1S/C11H11BrN2O/c1-2-15-11-13-8-10(12)14(11)9-6-4-3-5-7-9/h3-8H,2H2,1H3/i1D3,2D2,3D,4D,5D,6D,7D,8D. The second-order valence-electron chi connectivity index (χ2n) is 2.31. The van der Waals surface area contributed by atoms with E-state index in [1.807, 2.05) is 0 Å². The van der Waals surface area contributed by atoms with Gasteiger partial charge in [0.25, 0.3) is 0 Å². The molecule has 0 fully saturated rings. The zero-order valence-electron chi connectivity index (χ0n) is 18.2. The Balaban J connectivity index is 2.78. The van der Waals surface area contributed by atoms with Gasteiger partial charge in [-0.15, -0.1) is 0 Å². The molecule has 4 heteroatoms. The molecule has 2 rings (SSSR count). The van der Waals surface area contributed by atoms with Crippen molar-refractivity contribution in [1.29, 1.82) is 0 Å². The van der Waals surface area contributed by atoms with Crippen LogP contribution in [0.4, 0.5) is 0 Å². The Morgan fingerprint density at radius 1 is 1.60 bits per heavy atom. The maximum Gasteiger partial charge on any atom is 0.301 e. The van der Waals surface area contributed by atoms with Gasteiger partial charge in [0, 0.05) is 4.11 Å². The fourth-order valence-electron chi connectivity index (χ4n) is 0.941. The minimum atomic E-state index is -3.20. The summed E-state index contributed by atoms with van der Waals surface area (Å²) in [6.07, 6.45) is -0.506. The number of benzene rings is 1. The third kappa shape index (κ3) is 2.04. The van der Waals surface area contributed by atoms with Crippen LogP contribution in [0.5, 0.6) is 6.01 Å². The molecule has 1 heterocycles. The van der Waals surface area contributed by atoms with Crippen LogP contribution < -0.4 is 4.74 Å². The van der Waals surface area contributed by atoms with Crippen LogP contribution in [-0.2, 0) is 0 Å². The molecule has 0 aliphatic heterocycles. The Bertz CT molecular complexity index is 847. The van der Waals surface area contributed by atoms with Crippen LogP contribution in [-0.4, -0.2) is 16.1 Å². The first-order chi connectivity index (χ1) is 11.7. The van der Waals surface area contributed by atoms with Crippen molar-refractivity contribution >= 4 is 15.9 Å². The summed E-state index contributed by atoms with van der Waals surface area (Å²) in [5.41, 5.74) is -0.467. The molecule has 0 spiro atoms. The van der Waals surface area contributed by atoms with E-state index in [-0.39, 0.29) is 4.60 Å². The van der Waals surface area contributed by atoms with Gasteiger partial charge in [-0.3, -0.25) is 4.57 Å². The second-order valence-corrected chi connectivity index (χ2v) is 3.06. The zero-order chi connectivity index (χ0) is 20.2. The lowest BCUT2D eigenvalue weighted by Crippen LogP contribution is -2.01. The van der Waals surface area contributed by atoms with Gasteiger partial charge in [0.2, 0.25) is 0 Å². The molecule has 1 aromatic carbocycles. The maximum absolute atomic E-state index is 7.97. The summed E-state index contributed by atoms with van der Waals surface area (Å²) in [7, 11) is 0.